The van der Waals surface area contributed by atoms with Gasteiger partial charge in [0, 0.05) is 0 Å². The fourth-order valence-electron chi connectivity index (χ4n) is 1.81. The van der Waals surface area contributed by atoms with E-state index in [1.165, 1.54) is 12.1 Å². The van der Waals surface area contributed by atoms with Gasteiger partial charge in [0.2, 0.25) is 0 Å². The van der Waals surface area contributed by atoms with Crippen molar-refractivity contribution >= 4 is 0 Å². The van der Waals surface area contributed by atoms with Gasteiger partial charge >= 0.3 is 6.18 Å². The largest absolute Gasteiger partial charge is 0.493 e. The molecule has 96 valence electrons. The fraction of sp³-hybridized carbons (Fsp3) is 0.462. The zero-order valence-corrected chi connectivity index (χ0v) is 9.63. The van der Waals surface area contributed by atoms with E-state index in [9.17, 15) is 13.2 Å². The third-order valence-corrected chi connectivity index (χ3v) is 3.11. The molecule has 1 aliphatic carbocycles. The van der Waals surface area contributed by atoms with Crippen LogP contribution in [0.15, 0.2) is 18.2 Å². The Morgan fingerprint density at radius 3 is 2.56 bits per heavy atom. The normalized spacial score (nSPS) is 15.9. The number of benzene rings is 1. The second kappa shape index (κ2) is 4.89. The Balaban J connectivity index is 2.19. The molecule has 1 aliphatic rings. The molecule has 0 aliphatic heterocycles. The van der Waals surface area contributed by atoms with Crippen LogP contribution in [0, 0.1) is 17.2 Å². The lowest BCUT2D eigenvalue weighted by molar-refractivity contribution is -0.139. The zero-order valence-electron chi connectivity index (χ0n) is 9.63. The van der Waals surface area contributed by atoms with Gasteiger partial charge in [-0.05, 0) is 37.0 Å². The Hall–Kier alpha value is -1.70. The minimum Gasteiger partial charge on any atom is -0.493 e. The molecule has 0 spiro atoms. The monoisotopic (exact) mass is 255 g/mol. The predicted molar refractivity (Wildman–Crippen MR) is 59.0 cm³/mol. The van der Waals surface area contributed by atoms with E-state index in [0.717, 1.165) is 25.3 Å². The number of halogens is 3. The summed E-state index contributed by atoms with van der Waals surface area (Å²) in [6.45, 7) is 0.314. The van der Waals surface area contributed by atoms with Gasteiger partial charge in [-0.1, -0.05) is 6.42 Å². The average molecular weight is 255 g/mol. The smallest absolute Gasteiger partial charge is 0.420 e. The van der Waals surface area contributed by atoms with Crippen LogP contribution in [0.25, 0.3) is 0 Å². The van der Waals surface area contributed by atoms with Crippen LogP contribution in [0.4, 0.5) is 13.2 Å². The molecule has 0 saturated heterocycles. The first-order valence-electron chi connectivity index (χ1n) is 5.75. The van der Waals surface area contributed by atoms with Crippen LogP contribution in [0.1, 0.15) is 30.4 Å². The second-order valence-electron chi connectivity index (χ2n) is 4.43. The number of hydrogen-bond donors (Lipinski definition) is 0. The van der Waals surface area contributed by atoms with Crippen LogP contribution in [0.5, 0.6) is 5.75 Å². The van der Waals surface area contributed by atoms with Crippen molar-refractivity contribution in [2.45, 2.75) is 25.4 Å². The molecule has 0 radical (unpaired) electrons. The highest BCUT2D eigenvalue weighted by molar-refractivity contribution is 5.43. The quantitative estimate of drug-likeness (QED) is 0.823. The van der Waals surface area contributed by atoms with Crippen LogP contribution < -0.4 is 4.74 Å². The minimum atomic E-state index is -4.50. The zero-order chi connectivity index (χ0) is 13.2. The molecular weight excluding hydrogens is 243 g/mol. The topological polar surface area (TPSA) is 33.0 Å². The third kappa shape index (κ3) is 2.76. The summed E-state index contributed by atoms with van der Waals surface area (Å²) >= 11 is 0. The summed E-state index contributed by atoms with van der Waals surface area (Å²) < 4.78 is 43.6. The van der Waals surface area contributed by atoms with Gasteiger partial charge in [-0.2, -0.15) is 18.4 Å². The maximum absolute atomic E-state index is 12.8. The maximum atomic E-state index is 12.8. The predicted octanol–water partition coefficient (Wildman–Crippen LogP) is 3.76. The highest BCUT2D eigenvalue weighted by Gasteiger charge is 2.35. The van der Waals surface area contributed by atoms with Crippen LogP contribution in [0.3, 0.4) is 0 Å². The molecule has 0 bridgehead atoms. The van der Waals surface area contributed by atoms with Crippen molar-refractivity contribution < 1.29 is 17.9 Å². The Kier molecular flexibility index (Phi) is 3.46. The van der Waals surface area contributed by atoms with Crippen molar-refractivity contribution in [2.75, 3.05) is 6.61 Å². The first-order chi connectivity index (χ1) is 8.50. The number of rotatable bonds is 3. The van der Waals surface area contributed by atoms with E-state index < -0.39 is 11.7 Å². The van der Waals surface area contributed by atoms with E-state index in [2.05, 4.69) is 0 Å². The van der Waals surface area contributed by atoms with Gasteiger partial charge in [0.1, 0.15) is 5.75 Å². The van der Waals surface area contributed by atoms with Crippen molar-refractivity contribution in [3.63, 3.8) is 0 Å². The molecule has 0 unspecified atom stereocenters. The first-order valence-corrected chi connectivity index (χ1v) is 5.75. The van der Waals surface area contributed by atoms with Gasteiger partial charge < -0.3 is 4.74 Å². The van der Waals surface area contributed by atoms with Gasteiger partial charge in [0.15, 0.2) is 0 Å². The second-order valence-corrected chi connectivity index (χ2v) is 4.43. The number of hydrogen-bond acceptors (Lipinski definition) is 2. The van der Waals surface area contributed by atoms with E-state index in [1.807, 2.05) is 0 Å². The van der Waals surface area contributed by atoms with Crippen LogP contribution in [-0.4, -0.2) is 6.61 Å². The molecule has 0 N–H and O–H groups in total. The Morgan fingerprint density at radius 2 is 2.06 bits per heavy atom. The number of nitriles is 1. The molecule has 1 aromatic rings. The van der Waals surface area contributed by atoms with Crippen molar-refractivity contribution in [1.82, 2.24) is 0 Å². The molecule has 0 heterocycles. The lowest BCUT2D eigenvalue weighted by atomic mass is 9.86. The Morgan fingerprint density at radius 1 is 1.33 bits per heavy atom. The van der Waals surface area contributed by atoms with Crippen LogP contribution in [-0.2, 0) is 6.18 Å². The van der Waals surface area contributed by atoms with Crippen molar-refractivity contribution in [3.05, 3.63) is 29.3 Å². The highest BCUT2D eigenvalue weighted by atomic mass is 19.4. The molecule has 18 heavy (non-hydrogen) atoms. The lowest BCUT2D eigenvalue weighted by Crippen LogP contribution is -2.20. The summed E-state index contributed by atoms with van der Waals surface area (Å²) in [6, 6.07) is 5.09. The molecule has 2 nitrogen and oxygen atoms in total. The number of nitrogens with zero attached hydrogens (tertiary/aromatic N) is 1. The van der Waals surface area contributed by atoms with Crippen molar-refractivity contribution in [1.29, 1.82) is 5.26 Å². The minimum absolute atomic E-state index is 0.0154. The summed E-state index contributed by atoms with van der Waals surface area (Å²) in [6.07, 6.45) is -1.36. The Labute approximate surface area is 103 Å². The summed E-state index contributed by atoms with van der Waals surface area (Å²) in [7, 11) is 0. The lowest BCUT2D eigenvalue weighted by Gasteiger charge is -2.26. The van der Waals surface area contributed by atoms with Gasteiger partial charge in [0.05, 0.1) is 23.8 Å². The van der Waals surface area contributed by atoms with Crippen LogP contribution >= 0.6 is 0 Å². The standard InChI is InChI=1S/C13H12F3NO/c14-13(15,16)11-6-10(7-17)4-5-12(11)18-8-9-2-1-3-9/h4-6,9H,1-3,8H2. The number of alkyl halides is 3. The molecule has 1 fully saturated rings. The van der Waals surface area contributed by atoms with E-state index in [1.54, 1.807) is 6.07 Å². The van der Waals surface area contributed by atoms with Crippen molar-refractivity contribution in [2.24, 2.45) is 5.92 Å². The Bertz CT molecular complexity index is 472. The third-order valence-electron chi connectivity index (χ3n) is 3.11. The highest BCUT2D eigenvalue weighted by Crippen LogP contribution is 2.37. The first kappa shape index (κ1) is 12.7. The van der Waals surface area contributed by atoms with E-state index in [4.69, 9.17) is 10.00 Å². The number of ether oxygens (including phenoxy) is 1. The molecule has 0 atom stereocenters. The molecular formula is C13H12F3NO. The van der Waals surface area contributed by atoms with E-state index in [0.29, 0.717) is 12.5 Å². The summed E-state index contributed by atoms with van der Waals surface area (Å²) in [5.41, 5.74) is -0.890. The average Bonchev–Trinajstić information content (AvgIpc) is 2.26. The van der Waals surface area contributed by atoms with E-state index in [-0.39, 0.29) is 11.3 Å². The molecule has 0 aromatic heterocycles. The molecule has 5 heteroatoms. The van der Waals surface area contributed by atoms with Gasteiger partial charge in [-0.25, -0.2) is 0 Å². The molecule has 0 amide bonds. The fourth-order valence-corrected chi connectivity index (χ4v) is 1.81. The molecule has 2 rings (SSSR count). The summed E-state index contributed by atoms with van der Waals surface area (Å²) in [5.74, 6) is 0.176. The van der Waals surface area contributed by atoms with Gasteiger partial charge in [0.25, 0.3) is 0 Å². The van der Waals surface area contributed by atoms with Gasteiger partial charge in [-0.15, -0.1) is 0 Å². The summed E-state index contributed by atoms with van der Waals surface area (Å²) in [5, 5.41) is 8.63. The van der Waals surface area contributed by atoms with Crippen LogP contribution in [0.2, 0.25) is 0 Å². The van der Waals surface area contributed by atoms with Crippen molar-refractivity contribution in [3.8, 4) is 11.8 Å². The maximum Gasteiger partial charge on any atom is 0.420 e. The summed E-state index contributed by atoms with van der Waals surface area (Å²) in [4.78, 5) is 0. The molecule has 1 saturated carbocycles. The van der Waals surface area contributed by atoms with Gasteiger partial charge in [-0.3, -0.25) is 0 Å². The van der Waals surface area contributed by atoms with E-state index >= 15 is 0 Å². The molecule has 1 aromatic carbocycles. The SMILES string of the molecule is N#Cc1ccc(OCC2CCC2)c(C(F)(F)F)c1.